The van der Waals surface area contributed by atoms with E-state index in [2.05, 4.69) is 53.0 Å². The van der Waals surface area contributed by atoms with Gasteiger partial charge in [0.1, 0.15) is 5.82 Å². The summed E-state index contributed by atoms with van der Waals surface area (Å²) in [6.07, 6.45) is 3.88. The largest absolute Gasteiger partial charge is 0.333 e. The lowest BCUT2D eigenvalue weighted by molar-refractivity contribution is 0.493. The van der Waals surface area contributed by atoms with Gasteiger partial charge in [-0.25, -0.2) is 4.98 Å². The van der Waals surface area contributed by atoms with Crippen LogP contribution in [0.1, 0.15) is 42.8 Å². The van der Waals surface area contributed by atoms with E-state index in [1.54, 1.807) is 0 Å². The first-order valence-electron chi connectivity index (χ1n) is 6.86. The number of nitrogens with one attached hydrogen (secondary N) is 1. The van der Waals surface area contributed by atoms with Crippen molar-refractivity contribution in [3.05, 3.63) is 53.6 Å². The highest BCUT2D eigenvalue weighted by molar-refractivity contribution is 5.26. The molecule has 3 nitrogen and oxygen atoms in total. The average Bonchev–Trinajstić information content (AvgIpc) is 2.81. The summed E-state index contributed by atoms with van der Waals surface area (Å²) in [6.45, 7) is 7.39. The smallest absolute Gasteiger partial charge is 0.105 e. The summed E-state index contributed by atoms with van der Waals surface area (Å²) in [4.78, 5) is 4.27. The van der Waals surface area contributed by atoms with E-state index in [1.807, 2.05) is 26.4 Å². The molecule has 0 amide bonds. The fourth-order valence-electron chi connectivity index (χ4n) is 2.27. The van der Waals surface area contributed by atoms with E-state index in [4.69, 9.17) is 0 Å². The molecule has 19 heavy (non-hydrogen) atoms. The Hall–Kier alpha value is -1.61. The van der Waals surface area contributed by atoms with Crippen LogP contribution in [-0.4, -0.2) is 16.6 Å². The Bertz CT molecular complexity index is 511. The maximum Gasteiger partial charge on any atom is 0.105 e. The quantitative estimate of drug-likeness (QED) is 0.891. The third-order valence-electron chi connectivity index (χ3n) is 3.66. The third kappa shape index (κ3) is 3.24. The highest BCUT2D eigenvalue weighted by atomic mass is 15.1. The Kier molecular flexibility index (Phi) is 4.38. The van der Waals surface area contributed by atoms with Crippen molar-refractivity contribution >= 4 is 0 Å². The molecular formula is C16H23N3. The van der Waals surface area contributed by atoms with Crippen molar-refractivity contribution in [2.45, 2.75) is 39.3 Å². The lowest BCUT2D eigenvalue weighted by Crippen LogP contribution is -2.22. The fourth-order valence-corrected chi connectivity index (χ4v) is 2.27. The molecule has 0 spiro atoms. The molecule has 0 aliphatic rings. The minimum Gasteiger partial charge on any atom is -0.333 e. The normalized spacial score (nSPS) is 12.9. The monoisotopic (exact) mass is 257 g/mol. The van der Waals surface area contributed by atoms with Crippen molar-refractivity contribution in [2.24, 2.45) is 0 Å². The third-order valence-corrected chi connectivity index (χ3v) is 3.66. The Morgan fingerprint density at radius 1 is 1.16 bits per heavy atom. The van der Waals surface area contributed by atoms with Gasteiger partial charge in [-0.2, -0.15) is 0 Å². The van der Waals surface area contributed by atoms with Gasteiger partial charge in [0.05, 0.1) is 0 Å². The van der Waals surface area contributed by atoms with Gasteiger partial charge >= 0.3 is 0 Å². The van der Waals surface area contributed by atoms with Crippen LogP contribution in [0.2, 0.25) is 0 Å². The Morgan fingerprint density at radius 2 is 1.79 bits per heavy atom. The number of aromatic nitrogens is 2. The molecule has 1 heterocycles. The molecule has 0 fully saturated rings. The van der Waals surface area contributed by atoms with Gasteiger partial charge in [0, 0.05) is 25.0 Å². The van der Waals surface area contributed by atoms with E-state index in [0.717, 1.165) is 12.4 Å². The van der Waals surface area contributed by atoms with E-state index in [0.29, 0.717) is 12.0 Å². The van der Waals surface area contributed by atoms with Gasteiger partial charge in [-0.15, -0.1) is 0 Å². The molecule has 102 valence electrons. The van der Waals surface area contributed by atoms with Crippen LogP contribution in [0, 0.1) is 6.92 Å². The van der Waals surface area contributed by atoms with Crippen LogP contribution in [0.25, 0.3) is 0 Å². The standard InChI is InChI=1S/C16H23N3/c1-12(2)14-5-7-15(8-6-14)16(17-4)11-19-10-9-18-13(19)3/h5-10,12,16-17H,11H2,1-4H3. The summed E-state index contributed by atoms with van der Waals surface area (Å²) in [6, 6.07) is 9.22. The van der Waals surface area contributed by atoms with Crippen LogP contribution in [0.5, 0.6) is 0 Å². The predicted molar refractivity (Wildman–Crippen MR) is 79.3 cm³/mol. The first-order valence-corrected chi connectivity index (χ1v) is 6.86. The van der Waals surface area contributed by atoms with E-state index >= 15 is 0 Å². The van der Waals surface area contributed by atoms with Gasteiger partial charge in [0.15, 0.2) is 0 Å². The molecule has 1 atom stereocenters. The van der Waals surface area contributed by atoms with E-state index in [1.165, 1.54) is 11.1 Å². The number of nitrogens with zero attached hydrogens (tertiary/aromatic N) is 2. The molecule has 1 unspecified atom stereocenters. The Labute approximate surface area is 115 Å². The lowest BCUT2D eigenvalue weighted by atomic mass is 9.99. The molecule has 0 saturated carbocycles. The molecule has 1 aromatic heterocycles. The maximum absolute atomic E-state index is 4.27. The zero-order valence-electron chi connectivity index (χ0n) is 12.2. The van der Waals surface area contributed by atoms with Crippen molar-refractivity contribution < 1.29 is 0 Å². The van der Waals surface area contributed by atoms with E-state index in [9.17, 15) is 0 Å². The van der Waals surface area contributed by atoms with Gasteiger partial charge < -0.3 is 9.88 Å². The summed E-state index contributed by atoms with van der Waals surface area (Å²) >= 11 is 0. The molecule has 0 bridgehead atoms. The van der Waals surface area contributed by atoms with Crippen LogP contribution in [-0.2, 0) is 6.54 Å². The van der Waals surface area contributed by atoms with Crippen LogP contribution in [0.15, 0.2) is 36.7 Å². The van der Waals surface area contributed by atoms with Crippen LogP contribution in [0.4, 0.5) is 0 Å². The highest BCUT2D eigenvalue weighted by Crippen LogP contribution is 2.20. The zero-order chi connectivity index (χ0) is 13.8. The summed E-state index contributed by atoms with van der Waals surface area (Å²) in [7, 11) is 2.01. The number of imidazole rings is 1. The summed E-state index contributed by atoms with van der Waals surface area (Å²) < 4.78 is 2.18. The summed E-state index contributed by atoms with van der Waals surface area (Å²) in [5, 5.41) is 3.38. The SMILES string of the molecule is CNC(Cn1ccnc1C)c1ccc(C(C)C)cc1. The summed E-state index contributed by atoms with van der Waals surface area (Å²) in [5.74, 6) is 1.64. The number of likely N-dealkylation sites (N-methyl/N-ethyl adjacent to an activating group) is 1. The highest BCUT2D eigenvalue weighted by Gasteiger charge is 2.11. The van der Waals surface area contributed by atoms with Gasteiger partial charge in [-0.05, 0) is 31.0 Å². The first kappa shape index (κ1) is 13.8. The molecule has 0 radical (unpaired) electrons. The number of hydrogen-bond acceptors (Lipinski definition) is 2. The second-order valence-corrected chi connectivity index (χ2v) is 5.29. The molecule has 2 rings (SSSR count). The van der Waals surface area contributed by atoms with Crippen molar-refractivity contribution in [3.63, 3.8) is 0 Å². The van der Waals surface area contributed by atoms with Crippen LogP contribution in [0.3, 0.4) is 0 Å². The Morgan fingerprint density at radius 3 is 2.26 bits per heavy atom. The number of aryl methyl sites for hydroxylation is 1. The number of benzene rings is 1. The Balaban J connectivity index is 2.15. The van der Waals surface area contributed by atoms with Crippen molar-refractivity contribution in [3.8, 4) is 0 Å². The molecule has 0 aliphatic heterocycles. The average molecular weight is 257 g/mol. The second kappa shape index (κ2) is 6.02. The van der Waals surface area contributed by atoms with Gasteiger partial charge in [-0.3, -0.25) is 0 Å². The zero-order valence-corrected chi connectivity index (χ0v) is 12.2. The predicted octanol–water partition coefficient (Wildman–Crippen LogP) is 3.28. The van der Waals surface area contributed by atoms with E-state index in [-0.39, 0.29) is 0 Å². The molecule has 1 N–H and O–H groups in total. The van der Waals surface area contributed by atoms with Gasteiger partial charge in [0.2, 0.25) is 0 Å². The van der Waals surface area contributed by atoms with Gasteiger partial charge in [0.25, 0.3) is 0 Å². The maximum atomic E-state index is 4.27. The molecule has 3 heteroatoms. The molecule has 0 saturated heterocycles. The van der Waals surface area contributed by atoms with Crippen LogP contribution >= 0.6 is 0 Å². The van der Waals surface area contributed by atoms with Crippen molar-refractivity contribution in [1.82, 2.24) is 14.9 Å². The second-order valence-electron chi connectivity index (χ2n) is 5.29. The molecule has 1 aromatic carbocycles. The number of hydrogen-bond donors (Lipinski definition) is 1. The topological polar surface area (TPSA) is 29.9 Å². The molecular weight excluding hydrogens is 234 g/mol. The first-order chi connectivity index (χ1) is 9.11. The number of rotatable bonds is 5. The molecule has 2 aromatic rings. The molecule has 0 aliphatic carbocycles. The van der Waals surface area contributed by atoms with E-state index < -0.39 is 0 Å². The minimum atomic E-state index is 0.314. The van der Waals surface area contributed by atoms with Gasteiger partial charge in [-0.1, -0.05) is 38.1 Å². The van der Waals surface area contributed by atoms with Crippen LogP contribution < -0.4 is 5.32 Å². The van der Waals surface area contributed by atoms with Crippen molar-refractivity contribution in [2.75, 3.05) is 7.05 Å². The summed E-state index contributed by atoms with van der Waals surface area (Å²) in [5.41, 5.74) is 2.71. The minimum absolute atomic E-state index is 0.314. The van der Waals surface area contributed by atoms with Crippen molar-refractivity contribution in [1.29, 1.82) is 0 Å². The fraction of sp³-hybridized carbons (Fsp3) is 0.438. The lowest BCUT2D eigenvalue weighted by Gasteiger charge is -2.19.